The monoisotopic (exact) mass is 520 g/mol. The van der Waals surface area contributed by atoms with Gasteiger partial charge >= 0.3 is 11.4 Å². The van der Waals surface area contributed by atoms with E-state index in [1.807, 2.05) is 11.8 Å². The van der Waals surface area contributed by atoms with E-state index in [1.54, 1.807) is 28.8 Å². The number of nitrogens with one attached hydrogen (secondary N) is 4. The molecule has 6 N–H and O–H groups in total. The zero-order valence-electron chi connectivity index (χ0n) is 20.7. The molecule has 1 saturated heterocycles. The third kappa shape index (κ3) is 3.92. The van der Waals surface area contributed by atoms with Crippen LogP contribution in [0.25, 0.3) is 21.8 Å². The second kappa shape index (κ2) is 8.99. The molecule has 2 fully saturated rings. The number of aromatic amines is 3. The predicted molar refractivity (Wildman–Crippen MR) is 144 cm³/mol. The number of aliphatic hydroxyl groups is 2. The van der Waals surface area contributed by atoms with Crippen LogP contribution in [0.4, 0.5) is 17.1 Å². The van der Waals surface area contributed by atoms with Gasteiger partial charge in [0.05, 0.1) is 45.9 Å². The van der Waals surface area contributed by atoms with Crippen molar-refractivity contribution in [1.29, 1.82) is 0 Å². The third-order valence-electron chi connectivity index (χ3n) is 7.65. The van der Waals surface area contributed by atoms with E-state index in [4.69, 9.17) is 0 Å². The molecular weight excluding hydrogens is 492 g/mol. The van der Waals surface area contributed by atoms with E-state index in [2.05, 4.69) is 20.3 Å². The van der Waals surface area contributed by atoms with Gasteiger partial charge < -0.3 is 25.4 Å². The molecule has 1 aliphatic heterocycles. The van der Waals surface area contributed by atoms with E-state index in [-0.39, 0.29) is 29.3 Å². The van der Waals surface area contributed by atoms with E-state index >= 15 is 0 Å². The summed E-state index contributed by atoms with van der Waals surface area (Å²) in [5.74, 6) is -0.339. The highest BCUT2D eigenvalue weighted by Crippen LogP contribution is 2.41. The number of fused-ring (bicyclic) bond motifs is 2. The average molecular weight is 521 g/mol. The van der Waals surface area contributed by atoms with E-state index in [0.29, 0.717) is 41.9 Å². The lowest BCUT2D eigenvalue weighted by Crippen LogP contribution is -2.45. The quantitative estimate of drug-likeness (QED) is 0.224. The molecule has 0 amide bonds. The number of rotatable bonds is 5. The predicted octanol–water partition coefficient (Wildman–Crippen LogP) is 0.786. The molecule has 38 heavy (non-hydrogen) atoms. The molecule has 3 heterocycles. The Morgan fingerprint density at radius 2 is 1.76 bits per heavy atom. The Balaban J connectivity index is 1.62. The molecule has 12 heteroatoms. The van der Waals surface area contributed by atoms with E-state index in [1.165, 1.54) is 0 Å². The van der Waals surface area contributed by atoms with Gasteiger partial charge in [-0.3, -0.25) is 24.1 Å². The number of nitrogens with zero attached hydrogens (tertiary/aromatic N) is 2. The summed E-state index contributed by atoms with van der Waals surface area (Å²) in [4.78, 5) is 60.1. The lowest BCUT2D eigenvalue weighted by molar-refractivity contribution is 0.0525. The van der Waals surface area contributed by atoms with Gasteiger partial charge in [0.25, 0.3) is 11.1 Å². The first kappa shape index (κ1) is 24.2. The minimum atomic E-state index is -0.627. The lowest BCUT2D eigenvalue weighted by atomic mass is 9.94. The molecule has 2 aromatic heterocycles. The number of aromatic nitrogens is 4. The standard InChI is InChI=1S/C26H28N6O6/c1-12-18(31-8-7-19(34)13(10-31)11-33)9-17(21-22(12)32(14-5-6-14)26(38)30-24(21)36)27-15-3-2-4-16-20(15)23(35)29-25(37)28-16/h2-4,9,13-14,19,27,33-34H,5-8,10-11H2,1H3,(H,30,36,38)(H2,28,29,35,37). The van der Waals surface area contributed by atoms with Crippen molar-refractivity contribution in [1.82, 2.24) is 19.5 Å². The van der Waals surface area contributed by atoms with Gasteiger partial charge in [-0.05, 0) is 49.9 Å². The highest BCUT2D eigenvalue weighted by molar-refractivity contribution is 6.01. The highest BCUT2D eigenvalue weighted by Gasteiger charge is 2.32. The fourth-order valence-corrected chi connectivity index (χ4v) is 5.60. The van der Waals surface area contributed by atoms with E-state index in [0.717, 1.165) is 24.1 Å². The van der Waals surface area contributed by atoms with Gasteiger partial charge in [0.15, 0.2) is 0 Å². The van der Waals surface area contributed by atoms with Crippen LogP contribution >= 0.6 is 0 Å². The summed E-state index contributed by atoms with van der Waals surface area (Å²) in [6, 6.07) is 6.74. The number of hydrogen-bond acceptors (Lipinski definition) is 8. The Morgan fingerprint density at radius 3 is 2.50 bits per heavy atom. The van der Waals surface area contributed by atoms with Crippen LogP contribution < -0.4 is 32.7 Å². The first-order valence-electron chi connectivity index (χ1n) is 12.6. The smallest absolute Gasteiger partial charge is 0.329 e. The van der Waals surface area contributed by atoms with Crippen LogP contribution in [0.1, 0.15) is 30.9 Å². The molecule has 0 bridgehead atoms. The van der Waals surface area contributed by atoms with Gasteiger partial charge in [-0.15, -0.1) is 0 Å². The maximum Gasteiger partial charge on any atom is 0.329 e. The maximum absolute atomic E-state index is 13.3. The molecule has 6 rings (SSSR count). The Hall–Kier alpha value is -4.16. The fourth-order valence-electron chi connectivity index (χ4n) is 5.60. The molecule has 1 saturated carbocycles. The third-order valence-corrected chi connectivity index (χ3v) is 7.65. The van der Waals surface area contributed by atoms with Crippen molar-refractivity contribution in [2.24, 2.45) is 5.92 Å². The number of piperidine rings is 1. The number of benzene rings is 2. The number of anilines is 3. The molecule has 2 aromatic carbocycles. The maximum atomic E-state index is 13.3. The second-order valence-corrected chi connectivity index (χ2v) is 10.2. The van der Waals surface area contributed by atoms with Gasteiger partial charge in [-0.2, -0.15) is 0 Å². The average Bonchev–Trinajstić information content (AvgIpc) is 3.71. The molecule has 12 nitrogen and oxygen atoms in total. The minimum Gasteiger partial charge on any atom is -0.396 e. The van der Waals surface area contributed by atoms with Crippen molar-refractivity contribution in [3.05, 3.63) is 71.5 Å². The second-order valence-electron chi connectivity index (χ2n) is 10.2. The van der Waals surface area contributed by atoms with Crippen LogP contribution in [0.2, 0.25) is 0 Å². The number of H-pyrrole nitrogens is 3. The van der Waals surface area contributed by atoms with Gasteiger partial charge in [0.2, 0.25) is 0 Å². The SMILES string of the molecule is Cc1c(N2CCC(O)C(CO)C2)cc(Nc2cccc3[nH]c(=O)[nH]c(=O)c23)c2c(=O)[nH]c(=O)n(C3CC3)c12. The zero-order valence-corrected chi connectivity index (χ0v) is 20.7. The van der Waals surface area contributed by atoms with E-state index < -0.39 is 28.6 Å². The molecule has 198 valence electrons. The van der Waals surface area contributed by atoms with Crippen LogP contribution in [0.15, 0.2) is 43.4 Å². The fraction of sp³-hybridized carbons (Fsp3) is 0.385. The molecule has 0 radical (unpaired) electrons. The highest BCUT2D eigenvalue weighted by atomic mass is 16.3. The van der Waals surface area contributed by atoms with Crippen molar-refractivity contribution in [3.63, 3.8) is 0 Å². The number of aliphatic hydroxyl groups excluding tert-OH is 2. The van der Waals surface area contributed by atoms with Crippen molar-refractivity contribution in [2.45, 2.75) is 38.3 Å². The Labute approximate surface area is 214 Å². The summed E-state index contributed by atoms with van der Waals surface area (Å²) >= 11 is 0. The summed E-state index contributed by atoms with van der Waals surface area (Å²) in [7, 11) is 0. The van der Waals surface area contributed by atoms with Crippen LogP contribution in [0.3, 0.4) is 0 Å². The largest absolute Gasteiger partial charge is 0.396 e. The van der Waals surface area contributed by atoms with Gasteiger partial charge in [-0.1, -0.05) is 6.07 Å². The molecule has 2 unspecified atom stereocenters. The molecule has 0 spiro atoms. The minimum absolute atomic E-state index is 0.0255. The van der Waals surface area contributed by atoms with Crippen LogP contribution in [0.5, 0.6) is 0 Å². The summed E-state index contributed by atoms with van der Waals surface area (Å²) in [5, 5.41) is 23.9. The van der Waals surface area contributed by atoms with Crippen LogP contribution in [-0.2, 0) is 0 Å². The molecule has 4 aromatic rings. The van der Waals surface area contributed by atoms with Crippen molar-refractivity contribution in [3.8, 4) is 0 Å². The van der Waals surface area contributed by atoms with Crippen LogP contribution in [-0.4, -0.2) is 55.5 Å². The normalized spacial score (nSPS) is 19.8. The topological polar surface area (TPSA) is 176 Å². The van der Waals surface area contributed by atoms with Gasteiger partial charge in [0, 0.05) is 30.7 Å². The molecule has 2 atom stereocenters. The number of aryl methyl sites for hydroxylation is 1. The summed E-state index contributed by atoms with van der Waals surface area (Å²) in [5.41, 5.74) is 0.877. The van der Waals surface area contributed by atoms with Crippen molar-refractivity contribution < 1.29 is 10.2 Å². The van der Waals surface area contributed by atoms with Crippen molar-refractivity contribution in [2.75, 3.05) is 29.9 Å². The lowest BCUT2D eigenvalue weighted by Gasteiger charge is -2.38. The molecule has 1 aliphatic carbocycles. The number of hydrogen-bond donors (Lipinski definition) is 6. The van der Waals surface area contributed by atoms with Gasteiger partial charge in [-0.25, -0.2) is 9.59 Å². The zero-order chi connectivity index (χ0) is 26.7. The van der Waals surface area contributed by atoms with Gasteiger partial charge in [0.1, 0.15) is 0 Å². The summed E-state index contributed by atoms with van der Waals surface area (Å²) in [6.07, 6.45) is 1.48. The summed E-state index contributed by atoms with van der Waals surface area (Å²) in [6.45, 7) is 2.62. The van der Waals surface area contributed by atoms with E-state index in [9.17, 15) is 29.4 Å². The Bertz CT molecular complexity index is 1810. The van der Waals surface area contributed by atoms with Crippen LogP contribution in [0, 0.1) is 12.8 Å². The molecular formula is C26H28N6O6. The van der Waals surface area contributed by atoms with Crippen molar-refractivity contribution >= 4 is 38.9 Å². The Kier molecular flexibility index (Phi) is 5.73. The summed E-state index contributed by atoms with van der Waals surface area (Å²) < 4.78 is 1.64. The first-order valence-corrected chi connectivity index (χ1v) is 12.6. The first-order chi connectivity index (χ1) is 18.3. The molecule has 2 aliphatic rings. The Morgan fingerprint density at radius 1 is 1.00 bits per heavy atom.